The standard InChI is InChI=1S/C35H33N3O5/c1-42-32-15-22-11-10-21-14-27(20-6-5-7-23(12-20)34(36)40)30(16-28(21)29(22)17-33(32)43-2)35(41)38-25(19-39)13-24-18-37-31-9-4-3-8-26(24)31/h3-9,12,14-18,25,37,39H,10-11,13,19H2,1-2H3,(H2,36,40)(H,38,41)/t25-/m1/s1. The second-order valence-electron chi connectivity index (χ2n) is 10.8. The fourth-order valence-electron chi connectivity index (χ4n) is 6.01. The molecule has 2 amide bonds. The highest BCUT2D eigenvalue weighted by molar-refractivity contribution is 6.04. The Hall–Kier alpha value is -5.08. The molecule has 43 heavy (non-hydrogen) atoms. The first-order chi connectivity index (χ1) is 20.9. The van der Waals surface area contributed by atoms with Crippen LogP contribution in [-0.4, -0.2) is 48.8 Å². The maximum absolute atomic E-state index is 14.1. The Morgan fingerprint density at radius 1 is 0.907 bits per heavy atom. The van der Waals surface area contributed by atoms with Gasteiger partial charge in [-0.1, -0.05) is 30.3 Å². The Kier molecular flexibility index (Phi) is 7.61. The molecule has 8 nitrogen and oxygen atoms in total. The smallest absolute Gasteiger partial charge is 0.252 e. The molecule has 5 N–H and O–H groups in total. The van der Waals surface area contributed by atoms with Crippen molar-refractivity contribution < 1.29 is 24.2 Å². The number of aromatic nitrogens is 1. The fourth-order valence-corrected chi connectivity index (χ4v) is 6.01. The highest BCUT2D eigenvalue weighted by Gasteiger charge is 2.25. The third kappa shape index (κ3) is 5.33. The first-order valence-electron chi connectivity index (χ1n) is 14.2. The number of aromatic amines is 1. The number of hydrogen-bond donors (Lipinski definition) is 4. The number of nitrogens with one attached hydrogen (secondary N) is 2. The van der Waals surface area contributed by atoms with E-state index < -0.39 is 11.9 Å². The molecule has 5 aromatic rings. The van der Waals surface area contributed by atoms with Crippen molar-refractivity contribution in [3.63, 3.8) is 0 Å². The minimum Gasteiger partial charge on any atom is -0.493 e. The Labute approximate surface area is 249 Å². The van der Waals surface area contributed by atoms with Crippen LogP contribution in [-0.2, 0) is 19.3 Å². The van der Waals surface area contributed by atoms with Gasteiger partial charge in [-0.15, -0.1) is 0 Å². The zero-order valence-electron chi connectivity index (χ0n) is 24.1. The molecule has 0 saturated carbocycles. The normalized spacial score (nSPS) is 12.7. The summed E-state index contributed by atoms with van der Waals surface area (Å²) in [5.41, 5.74) is 13.9. The monoisotopic (exact) mass is 575 g/mol. The number of ether oxygens (including phenoxy) is 2. The summed E-state index contributed by atoms with van der Waals surface area (Å²) < 4.78 is 11.1. The average Bonchev–Trinajstić information content (AvgIpc) is 3.45. The van der Waals surface area contributed by atoms with Gasteiger partial charge >= 0.3 is 0 Å². The van der Waals surface area contributed by atoms with Gasteiger partial charge < -0.3 is 30.6 Å². The molecule has 6 rings (SSSR count). The van der Waals surface area contributed by atoms with Crippen LogP contribution in [0, 0.1) is 0 Å². The molecule has 0 aliphatic heterocycles. The average molecular weight is 576 g/mol. The summed E-state index contributed by atoms with van der Waals surface area (Å²) in [5, 5.41) is 14.4. The number of primary amides is 1. The molecule has 0 spiro atoms. The van der Waals surface area contributed by atoms with Crippen molar-refractivity contribution in [1.82, 2.24) is 10.3 Å². The van der Waals surface area contributed by atoms with Crippen LogP contribution in [0.15, 0.2) is 79.0 Å². The molecular formula is C35H33N3O5. The summed E-state index contributed by atoms with van der Waals surface area (Å²) >= 11 is 0. The lowest BCUT2D eigenvalue weighted by atomic mass is 9.81. The number of nitrogens with two attached hydrogens (primary N) is 1. The van der Waals surface area contributed by atoms with E-state index in [2.05, 4.69) is 10.3 Å². The van der Waals surface area contributed by atoms with Crippen molar-refractivity contribution in [2.24, 2.45) is 5.73 Å². The van der Waals surface area contributed by atoms with E-state index in [-0.39, 0.29) is 12.5 Å². The molecule has 1 atom stereocenters. The van der Waals surface area contributed by atoms with Crippen LogP contribution in [0.25, 0.3) is 33.2 Å². The van der Waals surface area contributed by atoms with Gasteiger partial charge in [-0.2, -0.15) is 0 Å². The van der Waals surface area contributed by atoms with E-state index >= 15 is 0 Å². The van der Waals surface area contributed by atoms with Crippen LogP contribution >= 0.6 is 0 Å². The minimum absolute atomic E-state index is 0.234. The van der Waals surface area contributed by atoms with E-state index in [1.807, 2.05) is 60.8 Å². The number of amides is 2. The number of carbonyl (C=O) groups excluding carboxylic acids is 2. The number of methoxy groups -OCH3 is 2. The number of rotatable bonds is 9. The summed E-state index contributed by atoms with van der Waals surface area (Å²) in [6, 6.07) is 22.3. The van der Waals surface area contributed by atoms with Gasteiger partial charge in [0.2, 0.25) is 5.91 Å². The van der Waals surface area contributed by atoms with E-state index in [9.17, 15) is 14.7 Å². The van der Waals surface area contributed by atoms with Gasteiger partial charge in [0, 0.05) is 28.2 Å². The van der Waals surface area contributed by atoms with Gasteiger partial charge in [-0.05, 0) is 101 Å². The van der Waals surface area contributed by atoms with Gasteiger partial charge in [0.15, 0.2) is 11.5 Å². The lowest BCUT2D eigenvalue weighted by Crippen LogP contribution is -2.39. The second-order valence-corrected chi connectivity index (χ2v) is 10.8. The number of H-pyrrole nitrogens is 1. The number of hydrogen-bond acceptors (Lipinski definition) is 5. The topological polar surface area (TPSA) is 127 Å². The number of carbonyl (C=O) groups is 2. The van der Waals surface area contributed by atoms with Crippen molar-refractivity contribution in [3.05, 3.63) is 107 Å². The summed E-state index contributed by atoms with van der Waals surface area (Å²) in [6.07, 6.45) is 3.93. The lowest BCUT2D eigenvalue weighted by Gasteiger charge is -2.25. The number of aryl methyl sites for hydroxylation is 2. The van der Waals surface area contributed by atoms with Crippen molar-refractivity contribution in [2.45, 2.75) is 25.3 Å². The van der Waals surface area contributed by atoms with Gasteiger partial charge in [0.25, 0.3) is 5.91 Å². The molecule has 4 aromatic carbocycles. The predicted molar refractivity (Wildman–Crippen MR) is 167 cm³/mol. The molecule has 0 radical (unpaired) electrons. The van der Waals surface area contributed by atoms with E-state index in [4.69, 9.17) is 15.2 Å². The Bertz CT molecular complexity index is 1860. The number of aliphatic hydroxyl groups excluding tert-OH is 1. The number of benzene rings is 4. The molecule has 0 saturated heterocycles. The zero-order valence-corrected chi connectivity index (χ0v) is 24.1. The van der Waals surface area contributed by atoms with Crippen LogP contribution in [0.4, 0.5) is 0 Å². The molecular weight excluding hydrogens is 542 g/mol. The molecule has 0 fully saturated rings. The summed E-state index contributed by atoms with van der Waals surface area (Å²) in [7, 11) is 3.22. The van der Waals surface area contributed by atoms with Gasteiger partial charge in [0.05, 0.1) is 26.9 Å². The SMILES string of the molecule is COc1cc2c(cc1OC)-c1cc(C(=O)N[C@@H](CO)Cc3c[nH]c4ccccc34)c(-c3cccc(C(N)=O)c3)cc1CC2. The Morgan fingerprint density at radius 3 is 2.37 bits per heavy atom. The Balaban J connectivity index is 1.43. The lowest BCUT2D eigenvalue weighted by molar-refractivity contribution is 0.0916. The van der Waals surface area contributed by atoms with Crippen molar-refractivity contribution in [3.8, 4) is 33.8 Å². The third-order valence-corrected chi connectivity index (χ3v) is 8.21. The molecule has 1 aliphatic carbocycles. The largest absolute Gasteiger partial charge is 0.493 e. The molecule has 1 heterocycles. The van der Waals surface area contributed by atoms with Gasteiger partial charge in [-0.3, -0.25) is 9.59 Å². The fraction of sp³-hybridized carbons (Fsp3) is 0.200. The van der Waals surface area contributed by atoms with E-state index in [0.29, 0.717) is 40.2 Å². The molecule has 1 aromatic heterocycles. The van der Waals surface area contributed by atoms with E-state index in [0.717, 1.165) is 51.6 Å². The summed E-state index contributed by atoms with van der Waals surface area (Å²) in [5.74, 6) is 0.400. The summed E-state index contributed by atoms with van der Waals surface area (Å²) in [6.45, 7) is -0.234. The highest BCUT2D eigenvalue weighted by atomic mass is 16.5. The first-order valence-corrected chi connectivity index (χ1v) is 14.2. The second kappa shape index (κ2) is 11.7. The number of fused-ring (bicyclic) bond motifs is 4. The highest BCUT2D eigenvalue weighted by Crippen LogP contribution is 2.43. The third-order valence-electron chi connectivity index (χ3n) is 8.21. The quantitative estimate of drug-likeness (QED) is 0.196. The number of para-hydroxylation sites is 1. The van der Waals surface area contributed by atoms with Crippen LogP contribution in [0.5, 0.6) is 11.5 Å². The molecule has 8 heteroatoms. The van der Waals surface area contributed by atoms with Crippen LogP contribution in [0.3, 0.4) is 0 Å². The maximum atomic E-state index is 14.1. The van der Waals surface area contributed by atoms with Crippen molar-refractivity contribution in [1.29, 1.82) is 0 Å². The van der Waals surface area contributed by atoms with Crippen molar-refractivity contribution in [2.75, 3.05) is 20.8 Å². The Morgan fingerprint density at radius 2 is 1.63 bits per heavy atom. The van der Waals surface area contributed by atoms with Crippen LogP contribution in [0.1, 0.15) is 37.4 Å². The van der Waals surface area contributed by atoms with Crippen LogP contribution in [0.2, 0.25) is 0 Å². The van der Waals surface area contributed by atoms with Gasteiger partial charge in [-0.25, -0.2) is 0 Å². The first kappa shape index (κ1) is 28.1. The van der Waals surface area contributed by atoms with Gasteiger partial charge in [0.1, 0.15) is 0 Å². The molecule has 0 bridgehead atoms. The predicted octanol–water partition coefficient (Wildman–Crippen LogP) is 5.05. The summed E-state index contributed by atoms with van der Waals surface area (Å²) in [4.78, 5) is 29.3. The molecule has 0 unspecified atom stereocenters. The maximum Gasteiger partial charge on any atom is 0.252 e. The van der Waals surface area contributed by atoms with E-state index in [1.54, 1.807) is 32.4 Å². The van der Waals surface area contributed by atoms with E-state index in [1.165, 1.54) is 0 Å². The molecule has 218 valence electrons. The van der Waals surface area contributed by atoms with Crippen LogP contribution < -0.4 is 20.5 Å². The minimum atomic E-state index is -0.542. The van der Waals surface area contributed by atoms with Crippen molar-refractivity contribution >= 4 is 22.7 Å². The molecule has 1 aliphatic rings. The number of aliphatic hydroxyl groups is 1. The zero-order chi connectivity index (χ0) is 30.1.